The first-order valence-corrected chi connectivity index (χ1v) is 9.55. The molecule has 0 spiro atoms. The average molecular weight is 429 g/mol. The molecule has 1 aromatic carbocycles. The van der Waals surface area contributed by atoms with E-state index in [9.17, 15) is 22.8 Å². The molecule has 0 radical (unpaired) electrons. The lowest BCUT2D eigenvalue weighted by atomic mass is 10.1. The number of halogens is 3. The van der Waals surface area contributed by atoms with Crippen LogP contribution in [-0.2, 0) is 4.79 Å². The van der Waals surface area contributed by atoms with Crippen LogP contribution in [0.4, 0.5) is 18.9 Å². The van der Waals surface area contributed by atoms with Crippen molar-refractivity contribution in [2.45, 2.75) is 13.3 Å². The Morgan fingerprint density at radius 2 is 1.84 bits per heavy atom. The quantitative estimate of drug-likeness (QED) is 0.623. The maximum atomic E-state index is 13.3. The number of H-pyrrole nitrogens is 1. The van der Waals surface area contributed by atoms with E-state index in [1.807, 2.05) is 6.92 Å². The van der Waals surface area contributed by atoms with Gasteiger partial charge in [0.05, 0.1) is 17.3 Å². The maximum absolute atomic E-state index is 13.3. The molecule has 1 aliphatic heterocycles. The summed E-state index contributed by atoms with van der Waals surface area (Å²) >= 11 is 0. The highest BCUT2D eigenvalue weighted by atomic mass is 19.2. The molecule has 7 nitrogen and oxygen atoms in total. The zero-order valence-corrected chi connectivity index (χ0v) is 16.5. The largest absolute Gasteiger partial charge is 0.349 e. The summed E-state index contributed by atoms with van der Waals surface area (Å²) in [6.07, 6.45) is 3.53. The summed E-state index contributed by atoms with van der Waals surface area (Å²) < 4.78 is 39.7. The first-order valence-electron chi connectivity index (χ1n) is 9.55. The van der Waals surface area contributed by atoms with Crippen LogP contribution in [0, 0.1) is 30.3 Å². The predicted octanol–water partition coefficient (Wildman–Crippen LogP) is 3.30. The molecule has 2 amide bonds. The van der Waals surface area contributed by atoms with Crippen molar-refractivity contribution in [1.29, 1.82) is 0 Å². The van der Waals surface area contributed by atoms with E-state index < -0.39 is 29.3 Å². The Labute approximate surface area is 175 Å². The van der Waals surface area contributed by atoms with Crippen LogP contribution in [0.2, 0.25) is 0 Å². The summed E-state index contributed by atoms with van der Waals surface area (Å²) in [7, 11) is 0. The smallest absolute Gasteiger partial charge is 0.270 e. The molecule has 1 atom stereocenters. The van der Waals surface area contributed by atoms with E-state index in [2.05, 4.69) is 20.3 Å². The Kier molecular flexibility index (Phi) is 5.45. The molecule has 160 valence electrons. The Morgan fingerprint density at radius 3 is 2.55 bits per heavy atom. The highest BCUT2D eigenvalue weighted by Gasteiger charge is 2.32. The summed E-state index contributed by atoms with van der Waals surface area (Å²) in [6.45, 7) is 2.31. The van der Waals surface area contributed by atoms with Gasteiger partial charge in [-0.2, -0.15) is 0 Å². The molecular weight excluding hydrogens is 411 g/mol. The van der Waals surface area contributed by atoms with E-state index >= 15 is 0 Å². The van der Waals surface area contributed by atoms with Gasteiger partial charge < -0.3 is 15.2 Å². The van der Waals surface area contributed by atoms with Gasteiger partial charge in [-0.1, -0.05) is 0 Å². The van der Waals surface area contributed by atoms with Crippen molar-refractivity contribution in [3.05, 3.63) is 65.5 Å². The maximum Gasteiger partial charge on any atom is 0.270 e. The van der Waals surface area contributed by atoms with Crippen molar-refractivity contribution in [2.24, 2.45) is 5.92 Å². The van der Waals surface area contributed by atoms with Crippen LogP contribution in [-0.4, -0.2) is 44.8 Å². The van der Waals surface area contributed by atoms with Gasteiger partial charge in [0.25, 0.3) is 5.91 Å². The number of amides is 2. The van der Waals surface area contributed by atoms with Gasteiger partial charge in [0.15, 0.2) is 17.5 Å². The standard InChI is InChI=1S/C21H18F3N5O2/c1-11-19(26-6-5-25-11)16-2-3-17(28-16)21(31)29-7-4-12(10-29)20(30)27-13-8-14(22)18(24)15(23)9-13/h2-3,5-6,8-9,12,28H,4,7,10H2,1H3,(H,27,30)/t12-/m0/s1. The summed E-state index contributed by atoms with van der Waals surface area (Å²) in [5.74, 6) is -5.71. The lowest BCUT2D eigenvalue weighted by Gasteiger charge is -2.16. The first-order chi connectivity index (χ1) is 14.8. The highest BCUT2D eigenvalue weighted by Crippen LogP contribution is 2.24. The van der Waals surface area contributed by atoms with Gasteiger partial charge in [-0.3, -0.25) is 19.6 Å². The molecule has 1 saturated heterocycles. The van der Waals surface area contributed by atoms with Gasteiger partial charge in [0, 0.05) is 43.3 Å². The molecule has 1 fully saturated rings. The molecular formula is C21H18F3N5O2. The number of likely N-dealkylation sites (tertiary alicyclic amines) is 1. The first kappa shape index (κ1) is 20.6. The second-order valence-electron chi connectivity index (χ2n) is 7.26. The summed E-state index contributed by atoms with van der Waals surface area (Å²) in [5, 5.41) is 2.38. The average Bonchev–Trinajstić information content (AvgIpc) is 3.42. The number of hydrogen-bond donors (Lipinski definition) is 2. The van der Waals surface area contributed by atoms with Crippen molar-refractivity contribution in [3.63, 3.8) is 0 Å². The van der Waals surface area contributed by atoms with Crippen molar-refractivity contribution in [1.82, 2.24) is 19.9 Å². The van der Waals surface area contributed by atoms with Gasteiger partial charge in [-0.15, -0.1) is 0 Å². The molecule has 0 unspecified atom stereocenters. The molecule has 31 heavy (non-hydrogen) atoms. The van der Waals surface area contributed by atoms with Crippen molar-refractivity contribution in [3.8, 4) is 11.4 Å². The van der Waals surface area contributed by atoms with Gasteiger partial charge in [0.2, 0.25) is 5.91 Å². The Hall–Kier alpha value is -3.69. The fraction of sp³-hybridized carbons (Fsp3) is 0.238. The van der Waals surface area contributed by atoms with Gasteiger partial charge >= 0.3 is 0 Å². The molecule has 2 N–H and O–H groups in total. The van der Waals surface area contributed by atoms with E-state index in [1.165, 1.54) is 4.90 Å². The lowest BCUT2D eigenvalue weighted by molar-refractivity contribution is -0.119. The molecule has 0 bridgehead atoms. The molecule has 1 aliphatic rings. The molecule has 4 rings (SSSR count). The Bertz CT molecular complexity index is 1140. The minimum Gasteiger partial charge on any atom is -0.349 e. The number of anilines is 1. The van der Waals surface area contributed by atoms with E-state index in [-0.39, 0.29) is 18.1 Å². The van der Waals surface area contributed by atoms with E-state index in [0.29, 0.717) is 42.2 Å². The van der Waals surface area contributed by atoms with Crippen LogP contribution in [0.3, 0.4) is 0 Å². The number of hydrogen-bond acceptors (Lipinski definition) is 4. The van der Waals surface area contributed by atoms with E-state index in [4.69, 9.17) is 0 Å². The normalized spacial score (nSPS) is 15.9. The third-order valence-electron chi connectivity index (χ3n) is 5.15. The van der Waals surface area contributed by atoms with E-state index in [1.54, 1.807) is 24.5 Å². The third-order valence-corrected chi connectivity index (χ3v) is 5.15. The molecule has 0 aliphatic carbocycles. The topological polar surface area (TPSA) is 91.0 Å². The summed E-state index contributed by atoms with van der Waals surface area (Å²) in [4.78, 5) is 38.3. The Morgan fingerprint density at radius 1 is 1.13 bits per heavy atom. The fourth-order valence-electron chi connectivity index (χ4n) is 3.53. The molecule has 0 saturated carbocycles. The number of nitrogens with one attached hydrogen (secondary N) is 2. The summed E-state index contributed by atoms with van der Waals surface area (Å²) in [5.41, 5.74) is 2.18. The Balaban J connectivity index is 1.41. The number of carbonyl (C=O) groups is 2. The van der Waals surface area contributed by atoms with Gasteiger partial charge in [-0.05, 0) is 25.5 Å². The molecule has 2 aromatic heterocycles. The molecule has 3 aromatic rings. The number of carbonyl (C=O) groups excluding carboxylic acids is 2. The SMILES string of the molecule is Cc1nccnc1-c1ccc(C(=O)N2CC[C@H](C(=O)Nc3cc(F)c(F)c(F)c3)C2)[nH]1. The number of aromatic nitrogens is 3. The molecule has 3 heterocycles. The van der Waals surface area contributed by atoms with E-state index in [0.717, 1.165) is 5.69 Å². The third kappa shape index (κ3) is 4.14. The summed E-state index contributed by atoms with van der Waals surface area (Å²) in [6, 6.07) is 4.80. The number of aryl methyl sites for hydroxylation is 1. The molecule has 10 heteroatoms. The van der Waals surface area contributed by atoms with Gasteiger partial charge in [-0.25, -0.2) is 13.2 Å². The van der Waals surface area contributed by atoms with Crippen LogP contribution >= 0.6 is 0 Å². The van der Waals surface area contributed by atoms with Crippen molar-refractivity contribution in [2.75, 3.05) is 18.4 Å². The second kappa shape index (κ2) is 8.21. The van der Waals surface area contributed by atoms with Crippen LogP contribution in [0.5, 0.6) is 0 Å². The van der Waals surface area contributed by atoms with Crippen molar-refractivity contribution < 1.29 is 22.8 Å². The number of rotatable bonds is 4. The number of benzene rings is 1. The number of nitrogens with zero attached hydrogens (tertiary/aromatic N) is 3. The zero-order chi connectivity index (χ0) is 22.1. The van der Waals surface area contributed by atoms with Crippen molar-refractivity contribution >= 4 is 17.5 Å². The minimum atomic E-state index is -1.60. The second-order valence-corrected chi connectivity index (χ2v) is 7.26. The predicted molar refractivity (Wildman–Crippen MR) is 106 cm³/mol. The fourth-order valence-corrected chi connectivity index (χ4v) is 3.53. The highest BCUT2D eigenvalue weighted by molar-refractivity contribution is 5.96. The van der Waals surface area contributed by atoms with Crippen LogP contribution in [0.1, 0.15) is 22.6 Å². The number of aromatic amines is 1. The van der Waals surface area contributed by atoms with Crippen LogP contribution in [0.15, 0.2) is 36.7 Å². The minimum absolute atomic E-state index is 0.148. The van der Waals surface area contributed by atoms with Crippen LogP contribution < -0.4 is 5.32 Å². The van der Waals surface area contributed by atoms with Gasteiger partial charge in [0.1, 0.15) is 11.4 Å². The lowest BCUT2D eigenvalue weighted by Crippen LogP contribution is -2.31. The monoisotopic (exact) mass is 429 g/mol. The zero-order valence-electron chi connectivity index (χ0n) is 16.5. The van der Waals surface area contributed by atoms with Crippen LogP contribution in [0.25, 0.3) is 11.4 Å².